The molecule has 6 heteroatoms. The zero-order valence-electron chi connectivity index (χ0n) is 11.6. The first-order valence-electron chi connectivity index (χ1n) is 6.43. The largest absolute Gasteiger partial charge is 0.480 e. The third-order valence-corrected chi connectivity index (χ3v) is 3.04. The Morgan fingerprint density at radius 1 is 1.45 bits per heavy atom. The Hall–Kier alpha value is -2.11. The van der Waals surface area contributed by atoms with Crippen LogP contribution in [0.4, 0.5) is 9.18 Å². The fraction of sp³-hybridized carbons (Fsp3) is 0.429. The molecule has 1 aromatic rings. The molecule has 0 spiro atoms. The number of carbonyl (C=O) groups excluding carboxylic acids is 1. The van der Waals surface area contributed by atoms with Crippen molar-refractivity contribution in [3.8, 4) is 0 Å². The van der Waals surface area contributed by atoms with Gasteiger partial charge < -0.3 is 15.3 Å². The van der Waals surface area contributed by atoms with E-state index in [0.717, 1.165) is 10.5 Å². The molecule has 0 radical (unpaired) electrons. The summed E-state index contributed by atoms with van der Waals surface area (Å²) < 4.78 is 13.0. The van der Waals surface area contributed by atoms with Crippen molar-refractivity contribution < 1.29 is 19.1 Å². The molecule has 0 aliphatic carbocycles. The van der Waals surface area contributed by atoms with Gasteiger partial charge in [-0.25, -0.2) is 14.0 Å². The topological polar surface area (TPSA) is 69.6 Å². The third-order valence-electron chi connectivity index (χ3n) is 3.04. The van der Waals surface area contributed by atoms with Crippen LogP contribution in [0.3, 0.4) is 0 Å². The van der Waals surface area contributed by atoms with Gasteiger partial charge in [-0.15, -0.1) is 0 Å². The number of carboxylic acid groups (broad SMARTS) is 1. The summed E-state index contributed by atoms with van der Waals surface area (Å²) in [6.07, 6.45) is 0.824. The summed E-state index contributed by atoms with van der Waals surface area (Å²) in [7, 11) is 1.44. The summed E-state index contributed by atoms with van der Waals surface area (Å²) in [5.41, 5.74) is 0.776. The van der Waals surface area contributed by atoms with Crippen LogP contribution in [0.5, 0.6) is 0 Å². The maximum Gasteiger partial charge on any atom is 0.326 e. The number of halogens is 1. The van der Waals surface area contributed by atoms with Crippen molar-refractivity contribution in [3.63, 3.8) is 0 Å². The summed E-state index contributed by atoms with van der Waals surface area (Å²) >= 11 is 0. The second kappa shape index (κ2) is 7.47. The minimum Gasteiger partial charge on any atom is -0.480 e. The number of nitrogens with one attached hydrogen (secondary N) is 1. The van der Waals surface area contributed by atoms with E-state index >= 15 is 0 Å². The normalized spacial score (nSPS) is 11.8. The molecule has 0 aliphatic heterocycles. The van der Waals surface area contributed by atoms with Crippen molar-refractivity contribution in [2.75, 3.05) is 13.6 Å². The lowest BCUT2D eigenvalue weighted by Crippen LogP contribution is -2.47. The zero-order valence-corrected chi connectivity index (χ0v) is 11.6. The minimum absolute atomic E-state index is 0.317. The standard InChI is InChI=1S/C14H19FN2O3/c1-3-12(13(18)19)17(2)14(20)16-8-7-10-5-4-6-11(15)9-10/h4-6,9,12H,3,7-8H2,1-2H3,(H,16,20)(H,18,19). The highest BCUT2D eigenvalue weighted by Crippen LogP contribution is 2.05. The quantitative estimate of drug-likeness (QED) is 0.837. The molecule has 0 heterocycles. The average molecular weight is 282 g/mol. The summed E-state index contributed by atoms with van der Waals surface area (Å²) in [5, 5.41) is 11.6. The molecule has 20 heavy (non-hydrogen) atoms. The molecule has 0 saturated heterocycles. The number of carboxylic acids is 1. The number of aliphatic carboxylic acids is 1. The minimum atomic E-state index is -1.03. The monoisotopic (exact) mass is 282 g/mol. The molecule has 1 rings (SSSR count). The molecule has 1 atom stereocenters. The third kappa shape index (κ3) is 4.53. The number of carbonyl (C=O) groups is 2. The lowest BCUT2D eigenvalue weighted by atomic mass is 10.1. The highest BCUT2D eigenvalue weighted by molar-refractivity contribution is 5.82. The van der Waals surface area contributed by atoms with Crippen LogP contribution in [0.25, 0.3) is 0 Å². The molecule has 0 saturated carbocycles. The van der Waals surface area contributed by atoms with E-state index in [1.54, 1.807) is 19.1 Å². The number of rotatable bonds is 6. The van der Waals surface area contributed by atoms with Gasteiger partial charge in [0, 0.05) is 13.6 Å². The molecule has 1 aromatic carbocycles. The SMILES string of the molecule is CCC(C(=O)O)N(C)C(=O)NCCc1cccc(F)c1. The van der Waals surface area contributed by atoms with Crippen molar-refractivity contribution >= 4 is 12.0 Å². The first-order chi connectivity index (χ1) is 9.45. The van der Waals surface area contributed by atoms with Gasteiger partial charge in [-0.3, -0.25) is 0 Å². The van der Waals surface area contributed by atoms with Crippen LogP contribution in [0, 0.1) is 5.82 Å². The highest BCUT2D eigenvalue weighted by Gasteiger charge is 2.24. The lowest BCUT2D eigenvalue weighted by Gasteiger charge is -2.24. The van der Waals surface area contributed by atoms with E-state index in [4.69, 9.17) is 5.11 Å². The molecule has 0 bridgehead atoms. The number of benzene rings is 1. The van der Waals surface area contributed by atoms with Crippen LogP contribution in [-0.2, 0) is 11.2 Å². The molecule has 2 amide bonds. The fourth-order valence-corrected chi connectivity index (χ4v) is 1.89. The van der Waals surface area contributed by atoms with E-state index in [1.807, 2.05) is 0 Å². The molecule has 0 aliphatic rings. The summed E-state index contributed by atoms with van der Waals surface area (Å²) in [6.45, 7) is 2.03. The number of urea groups is 1. The van der Waals surface area contributed by atoms with Crippen LogP contribution in [0.2, 0.25) is 0 Å². The Morgan fingerprint density at radius 3 is 2.70 bits per heavy atom. The van der Waals surface area contributed by atoms with Crippen molar-refractivity contribution in [3.05, 3.63) is 35.6 Å². The Balaban J connectivity index is 2.45. The molecule has 2 N–H and O–H groups in total. The molecular formula is C14H19FN2O3. The van der Waals surface area contributed by atoms with E-state index in [2.05, 4.69) is 5.32 Å². The van der Waals surface area contributed by atoms with Crippen LogP contribution in [0.1, 0.15) is 18.9 Å². The van der Waals surface area contributed by atoms with Crippen LogP contribution in [0.15, 0.2) is 24.3 Å². The molecule has 110 valence electrons. The van der Waals surface area contributed by atoms with E-state index in [0.29, 0.717) is 19.4 Å². The number of likely N-dealkylation sites (N-methyl/N-ethyl adjacent to an activating group) is 1. The Kier molecular flexibility index (Phi) is 5.96. The van der Waals surface area contributed by atoms with Gasteiger partial charge in [0.05, 0.1) is 0 Å². The first kappa shape index (κ1) is 15.9. The van der Waals surface area contributed by atoms with E-state index in [1.165, 1.54) is 19.2 Å². The van der Waals surface area contributed by atoms with Gasteiger partial charge in [0.25, 0.3) is 0 Å². The van der Waals surface area contributed by atoms with Crippen LogP contribution in [-0.4, -0.2) is 41.6 Å². The first-order valence-corrected chi connectivity index (χ1v) is 6.43. The second-order valence-corrected chi connectivity index (χ2v) is 4.49. The molecule has 0 aromatic heterocycles. The van der Waals surface area contributed by atoms with Crippen molar-refractivity contribution in [2.24, 2.45) is 0 Å². The Morgan fingerprint density at radius 2 is 2.15 bits per heavy atom. The average Bonchev–Trinajstić information content (AvgIpc) is 2.38. The summed E-state index contributed by atoms with van der Waals surface area (Å²) in [6, 6.07) is 4.84. The molecule has 5 nitrogen and oxygen atoms in total. The van der Waals surface area contributed by atoms with Crippen LogP contribution >= 0.6 is 0 Å². The predicted molar refractivity (Wildman–Crippen MR) is 73.0 cm³/mol. The van der Waals surface area contributed by atoms with Gasteiger partial charge in [0.15, 0.2) is 0 Å². The lowest BCUT2D eigenvalue weighted by molar-refractivity contribution is -0.141. The van der Waals surface area contributed by atoms with E-state index < -0.39 is 18.0 Å². The van der Waals surface area contributed by atoms with Gasteiger partial charge in [-0.2, -0.15) is 0 Å². The van der Waals surface area contributed by atoms with E-state index in [-0.39, 0.29) is 5.82 Å². The molecule has 0 fully saturated rings. The van der Waals surface area contributed by atoms with E-state index in [9.17, 15) is 14.0 Å². The number of hydrogen-bond acceptors (Lipinski definition) is 2. The molecule has 1 unspecified atom stereocenters. The van der Waals surface area contributed by atoms with Gasteiger partial charge in [-0.05, 0) is 30.5 Å². The molecular weight excluding hydrogens is 263 g/mol. The maximum absolute atomic E-state index is 13.0. The highest BCUT2D eigenvalue weighted by atomic mass is 19.1. The second-order valence-electron chi connectivity index (χ2n) is 4.49. The van der Waals surface area contributed by atoms with Gasteiger partial charge >= 0.3 is 12.0 Å². The van der Waals surface area contributed by atoms with Gasteiger partial charge in [0.2, 0.25) is 0 Å². The summed E-state index contributed by atoms with van der Waals surface area (Å²) in [5.74, 6) is -1.35. The fourth-order valence-electron chi connectivity index (χ4n) is 1.89. The Labute approximate surface area is 117 Å². The van der Waals surface area contributed by atoms with Gasteiger partial charge in [0.1, 0.15) is 11.9 Å². The maximum atomic E-state index is 13.0. The smallest absolute Gasteiger partial charge is 0.326 e. The summed E-state index contributed by atoms with van der Waals surface area (Å²) in [4.78, 5) is 23.9. The Bertz CT molecular complexity index is 479. The van der Waals surface area contributed by atoms with Gasteiger partial charge in [-0.1, -0.05) is 19.1 Å². The number of nitrogens with zero attached hydrogens (tertiary/aromatic N) is 1. The van der Waals surface area contributed by atoms with Crippen molar-refractivity contribution in [1.82, 2.24) is 10.2 Å². The predicted octanol–water partition coefficient (Wildman–Crippen LogP) is 1.87. The van der Waals surface area contributed by atoms with Crippen molar-refractivity contribution in [2.45, 2.75) is 25.8 Å². The zero-order chi connectivity index (χ0) is 15.1. The number of amides is 2. The van der Waals surface area contributed by atoms with Crippen molar-refractivity contribution in [1.29, 1.82) is 0 Å². The van der Waals surface area contributed by atoms with Crippen LogP contribution < -0.4 is 5.32 Å². The number of hydrogen-bond donors (Lipinski definition) is 2.